The second kappa shape index (κ2) is 9.58. The summed E-state index contributed by atoms with van der Waals surface area (Å²) in [6.45, 7) is 0.966. The van der Waals surface area contributed by atoms with Crippen LogP contribution >= 0.6 is 22.6 Å². The van der Waals surface area contributed by atoms with Gasteiger partial charge in [0.25, 0.3) is 0 Å². The summed E-state index contributed by atoms with van der Waals surface area (Å²) in [6, 6.07) is 6.43. The van der Waals surface area contributed by atoms with Gasteiger partial charge < -0.3 is 25.4 Å². The van der Waals surface area contributed by atoms with Crippen LogP contribution in [0.25, 0.3) is 0 Å². The SMILES string of the molecule is Cn1cnc(CNCC2(O)CN(C(O)c3ccc(F)c(F)c3Nc3ccc(I)cc3F)C2)c1. The van der Waals surface area contributed by atoms with E-state index in [2.05, 4.69) is 15.6 Å². The van der Waals surface area contributed by atoms with Gasteiger partial charge in [0.2, 0.25) is 0 Å². The molecule has 1 unspecified atom stereocenters. The molecule has 11 heteroatoms. The van der Waals surface area contributed by atoms with E-state index in [4.69, 9.17) is 0 Å². The van der Waals surface area contributed by atoms with Crippen LogP contribution in [0.5, 0.6) is 0 Å². The Balaban J connectivity index is 1.44. The molecule has 0 amide bonds. The molecule has 33 heavy (non-hydrogen) atoms. The second-order valence-electron chi connectivity index (χ2n) is 8.21. The van der Waals surface area contributed by atoms with Crippen molar-refractivity contribution in [1.29, 1.82) is 0 Å². The lowest BCUT2D eigenvalue weighted by atomic mass is 9.92. The molecule has 4 N–H and O–H groups in total. The van der Waals surface area contributed by atoms with Crippen LogP contribution in [-0.2, 0) is 13.6 Å². The van der Waals surface area contributed by atoms with Gasteiger partial charge in [-0.05, 0) is 52.9 Å². The van der Waals surface area contributed by atoms with E-state index < -0.39 is 29.3 Å². The Morgan fingerprint density at radius 3 is 2.61 bits per heavy atom. The first-order valence-electron chi connectivity index (χ1n) is 10.2. The van der Waals surface area contributed by atoms with Crippen molar-refractivity contribution in [1.82, 2.24) is 19.8 Å². The van der Waals surface area contributed by atoms with Crippen molar-refractivity contribution in [3.8, 4) is 0 Å². The Morgan fingerprint density at radius 1 is 1.18 bits per heavy atom. The molecule has 2 aromatic carbocycles. The van der Waals surface area contributed by atoms with Gasteiger partial charge in [-0.2, -0.15) is 0 Å². The third-order valence-corrected chi connectivity index (χ3v) is 6.13. The van der Waals surface area contributed by atoms with Crippen LogP contribution in [-0.4, -0.2) is 49.9 Å². The molecular weight excluding hydrogens is 550 g/mol. The van der Waals surface area contributed by atoms with Crippen molar-refractivity contribution < 1.29 is 23.4 Å². The number of benzene rings is 2. The first-order valence-corrected chi connectivity index (χ1v) is 11.2. The van der Waals surface area contributed by atoms with Gasteiger partial charge in [0.05, 0.1) is 23.4 Å². The number of aryl methyl sites for hydroxylation is 1. The molecular formula is C22H23F3IN5O2. The lowest BCUT2D eigenvalue weighted by Gasteiger charge is -2.48. The van der Waals surface area contributed by atoms with Crippen molar-refractivity contribution in [2.24, 2.45) is 7.05 Å². The molecule has 0 spiro atoms. The van der Waals surface area contributed by atoms with Crippen molar-refractivity contribution in [2.45, 2.75) is 18.4 Å². The molecule has 0 saturated carbocycles. The highest BCUT2D eigenvalue weighted by Crippen LogP contribution is 2.36. The number of hydrogen-bond acceptors (Lipinski definition) is 6. The number of nitrogens with one attached hydrogen (secondary N) is 2. The van der Waals surface area contributed by atoms with Crippen LogP contribution in [0.15, 0.2) is 42.9 Å². The minimum absolute atomic E-state index is 0.0374. The fraction of sp³-hybridized carbons (Fsp3) is 0.318. The molecule has 0 bridgehead atoms. The van der Waals surface area contributed by atoms with E-state index in [-0.39, 0.29) is 36.6 Å². The molecule has 1 aromatic heterocycles. The topological polar surface area (TPSA) is 85.6 Å². The Kier molecular flexibility index (Phi) is 6.96. The van der Waals surface area contributed by atoms with E-state index in [1.165, 1.54) is 23.1 Å². The van der Waals surface area contributed by atoms with Crippen LogP contribution in [0.4, 0.5) is 24.5 Å². The highest BCUT2D eigenvalue weighted by Gasteiger charge is 2.44. The molecule has 7 nitrogen and oxygen atoms in total. The Bertz CT molecular complexity index is 1150. The molecule has 4 rings (SSSR count). The standard InChI is InChI=1S/C22H23F3IN5O2/c1-30-8-14(28-12-30)7-27-9-22(33)10-31(11-22)21(32)15-3-4-16(23)19(25)20(15)29-18-5-2-13(26)6-17(18)24/h2-6,8,12,21,27,29,32-33H,7,9-11H2,1H3. The van der Waals surface area contributed by atoms with Crippen molar-refractivity contribution in [2.75, 3.05) is 25.0 Å². The van der Waals surface area contributed by atoms with E-state index in [0.717, 1.165) is 11.8 Å². The maximum Gasteiger partial charge on any atom is 0.182 e. The molecule has 3 aromatic rings. The lowest BCUT2D eigenvalue weighted by molar-refractivity contribution is -0.160. The van der Waals surface area contributed by atoms with E-state index in [1.807, 2.05) is 40.4 Å². The monoisotopic (exact) mass is 573 g/mol. The summed E-state index contributed by atoms with van der Waals surface area (Å²) < 4.78 is 45.3. The molecule has 2 heterocycles. The van der Waals surface area contributed by atoms with Crippen LogP contribution in [0.2, 0.25) is 0 Å². The van der Waals surface area contributed by atoms with Crippen LogP contribution < -0.4 is 10.6 Å². The number of aliphatic hydroxyl groups excluding tert-OH is 1. The average Bonchev–Trinajstić information content (AvgIpc) is 3.16. The summed E-state index contributed by atoms with van der Waals surface area (Å²) in [5.74, 6) is -2.99. The van der Waals surface area contributed by atoms with E-state index >= 15 is 0 Å². The normalized spacial score (nSPS) is 16.5. The number of anilines is 2. The van der Waals surface area contributed by atoms with Gasteiger partial charge in [-0.15, -0.1) is 0 Å². The van der Waals surface area contributed by atoms with E-state index in [0.29, 0.717) is 10.1 Å². The third kappa shape index (κ3) is 5.32. The number of likely N-dealkylation sites (tertiary alicyclic amines) is 1. The van der Waals surface area contributed by atoms with Gasteiger partial charge in [-0.25, -0.2) is 18.2 Å². The molecule has 0 aliphatic carbocycles. The molecule has 176 valence electrons. The maximum absolute atomic E-state index is 14.6. The predicted molar refractivity (Wildman–Crippen MR) is 125 cm³/mol. The number of rotatable bonds is 8. The van der Waals surface area contributed by atoms with Crippen molar-refractivity contribution >= 4 is 34.0 Å². The van der Waals surface area contributed by atoms with Gasteiger partial charge >= 0.3 is 0 Å². The fourth-order valence-electron chi connectivity index (χ4n) is 3.81. The smallest absolute Gasteiger partial charge is 0.182 e. The summed E-state index contributed by atoms with van der Waals surface area (Å²) in [6.07, 6.45) is 2.22. The minimum Gasteiger partial charge on any atom is -0.386 e. The number of imidazole rings is 1. The van der Waals surface area contributed by atoms with Gasteiger partial charge in [0.1, 0.15) is 17.6 Å². The van der Waals surface area contributed by atoms with Crippen molar-refractivity contribution in [3.05, 3.63) is 75.1 Å². The Labute approximate surface area is 202 Å². The number of aromatic nitrogens is 2. The highest BCUT2D eigenvalue weighted by molar-refractivity contribution is 14.1. The largest absolute Gasteiger partial charge is 0.386 e. The highest BCUT2D eigenvalue weighted by atomic mass is 127. The summed E-state index contributed by atoms with van der Waals surface area (Å²) in [7, 11) is 1.86. The minimum atomic E-state index is -1.33. The summed E-state index contributed by atoms with van der Waals surface area (Å²) in [5.41, 5.74) is -0.629. The quantitative estimate of drug-likeness (QED) is 0.311. The van der Waals surface area contributed by atoms with Crippen LogP contribution in [0.3, 0.4) is 0 Å². The zero-order valence-corrected chi connectivity index (χ0v) is 19.9. The molecule has 1 saturated heterocycles. The second-order valence-corrected chi connectivity index (χ2v) is 9.46. The van der Waals surface area contributed by atoms with E-state index in [1.54, 1.807) is 12.4 Å². The van der Waals surface area contributed by atoms with E-state index in [9.17, 15) is 23.4 Å². The van der Waals surface area contributed by atoms with Gasteiger partial charge in [0, 0.05) is 48.6 Å². The van der Waals surface area contributed by atoms with Crippen LogP contribution in [0.1, 0.15) is 17.5 Å². The summed E-state index contributed by atoms with van der Waals surface area (Å²) in [5, 5.41) is 27.2. The maximum atomic E-state index is 14.6. The predicted octanol–water partition coefficient (Wildman–Crippen LogP) is 3.01. The third-order valence-electron chi connectivity index (χ3n) is 5.46. The average molecular weight is 573 g/mol. The fourth-order valence-corrected chi connectivity index (χ4v) is 4.26. The number of aliphatic hydroxyl groups is 2. The first kappa shape index (κ1) is 24.0. The van der Waals surface area contributed by atoms with Crippen molar-refractivity contribution in [3.63, 3.8) is 0 Å². The number of hydrogen-bond donors (Lipinski definition) is 4. The summed E-state index contributed by atoms with van der Waals surface area (Å²) in [4.78, 5) is 5.72. The van der Waals surface area contributed by atoms with Gasteiger partial charge in [-0.3, -0.25) is 4.90 Å². The van der Waals surface area contributed by atoms with Crippen LogP contribution in [0, 0.1) is 21.0 Å². The zero-order chi connectivity index (χ0) is 23.8. The number of nitrogens with zero attached hydrogens (tertiary/aromatic N) is 3. The number of halogens is 4. The number of β-amino-alcohol motifs (C(OH)–C–C–N with tert-alkyl or cyclic N) is 1. The molecule has 1 fully saturated rings. The summed E-state index contributed by atoms with van der Waals surface area (Å²) >= 11 is 1.94. The van der Waals surface area contributed by atoms with Gasteiger partial charge in [0.15, 0.2) is 11.6 Å². The lowest BCUT2D eigenvalue weighted by Crippen LogP contribution is -2.66. The zero-order valence-electron chi connectivity index (χ0n) is 17.7. The van der Waals surface area contributed by atoms with Gasteiger partial charge in [-0.1, -0.05) is 0 Å². The Morgan fingerprint density at radius 2 is 1.94 bits per heavy atom. The molecule has 1 aliphatic heterocycles. The Hall–Kier alpha value is -2.19. The molecule has 0 radical (unpaired) electrons. The molecule has 1 atom stereocenters. The molecule has 1 aliphatic rings. The first-order chi connectivity index (χ1) is 15.6.